The summed E-state index contributed by atoms with van der Waals surface area (Å²) in [5.74, 6) is 0.609. The molecule has 3 heterocycles. The number of aliphatic hydroxyl groups is 1. The Bertz CT molecular complexity index is 676. The first-order chi connectivity index (χ1) is 9.04. The van der Waals surface area contributed by atoms with Crippen molar-refractivity contribution in [1.29, 1.82) is 5.26 Å². The van der Waals surface area contributed by atoms with Gasteiger partial charge in [-0.25, -0.2) is 4.52 Å². The van der Waals surface area contributed by atoms with E-state index in [9.17, 15) is 5.11 Å². The molecule has 6 heteroatoms. The molecular weight excluding hydrogens is 244 g/mol. The fraction of sp³-hybridized carbons (Fsp3) is 0.385. The molecule has 0 spiro atoms. The molecule has 0 amide bonds. The predicted molar refractivity (Wildman–Crippen MR) is 69.3 cm³/mol. The number of rotatable bonds is 2. The van der Waals surface area contributed by atoms with Crippen LogP contribution in [0.3, 0.4) is 0 Å². The third-order valence-electron chi connectivity index (χ3n) is 3.33. The Kier molecular flexibility index (Phi) is 2.40. The largest absolute Gasteiger partial charge is 0.494 e. The van der Waals surface area contributed by atoms with Gasteiger partial charge in [-0.15, -0.1) is 0 Å². The van der Waals surface area contributed by atoms with Crippen LogP contribution in [0, 0.1) is 11.3 Å². The van der Waals surface area contributed by atoms with Gasteiger partial charge in [-0.2, -0.15) is 10.4 Å². The monoisotopic (exact) mass is 258 g/mol. The third kappa shape index (κ3) is 1.79. The molecule has 1 aliphatic rings. The highest BCUT2D eigenvalue weighted by Crippen LogP contribution is 2.32. The molecule has 0 radical (unpaired) electrons. The molecule has 0 unspecified atom stereocenters. The van der Waals surface area contributed by atoms with Crippen molar-refractivity contribution in [2.75, 3.05) is 25.1 Å². The van der Waals surface area contributed by atoms with Gasteiger partial charge >= 0.3 is 0 Å². The van der Waals surface area contributed by atoms with Crippen molar-refractivity contribution < 1.29 is 9.84 Å². The lowest BCUT2D eigenvalue weighted by molar-refractivity contribution is 0.0309. The summed E-state index contributed by atoms with van der Waals surface area (Å²) in [5, 5.41) is 23.0. The molecule has 1 N–H and O–H groups in total. The second-order valence-corrected chi connectivity index (χ2v) is 5.08. The van der Waals surface area contributed by atoms with Crippen molar-refractivity contribution in [2.45, 2.75) is 12.5 Å². The zero-order valence-corrected chi connectivity index (χ0v) is 10.8. The van der Waals surface area contributed by atoms with Crippen LogP contribution in [0.4, 0.5) is 5.69 Å². The van der Waals surface area contributed by atoms with Crippen molar-refractivity contribution in [1.82, 2.24) is 9.61 Å². The van der Waals surface area contributed by atoms with Crippen LogP contribution in [0.1, 0.15) is 12.5 Å². The van der Waals surface area contributed by atoms with Gasteiger partial charge in [-0.05, 0) is 6.92 Å². The van der Waals surface area contributed by atoms with E-state index in [4.69, 9.17) is 10.00 Å². The van der Waals surface area contributed by atoms with Gasteiger partial charge in [0.2, 0.25) is 0 Å². The maximum absolute atomic E-state index is 9.79. The Labute approximate surface area is 110 Å². The summed E-state index contributed by atoms with van der Waals surface area (Å²) >= 11 is 0. The summed E-state index contributed by atoms with van der Waals surface area (Å²) < 4.78 is 6.98. The van der Waals surface area contributed by atoms with Crippen LogP contribution in [-0.2, 0) is 0 Å². The van der Waals surface area contributed by atoms with Crippen molar-refractivity contribution in [3.8, 4) is 11.8 Å². The van der Waals surface area contributed by atoms with E-state index in [0.717, 1.165) is 5.69 Å². The van der Waals surface area contributed by atoms with Crippen LogP contribution in [0.5, 0.6) is 5.75 Å². The minimum atomic E-state index is -0.635. The molecule has 1 saturated heterocycles. The first-order valence-electron chi connectivity index (χ1n) is 5.97. The maximum Gasteiger partial charge on any atom is 0.148 e. The molecule has 0 saturated carbocycles. The molecule has 0 bridgehead atoms. The fourth-order valence-corrected chi connectivity index (χ4v) is 2.44. The van der Waals surface area contributed by atoms with E-state index >= 15 is 0 Å². The van der Waals surface area contributed by atoms with Gasteiger partial charge in [0.05, 0.1) is 30.8 Å². The second-order valence-electron chi connectivity index (χ2n) is 5.08. The predicted octanol–water partition coefficient (Wildman–Crippen LogP) is 0.786. The zero-order valence-electron chi connectivity index (χ0n) is 10.8. The number of β-amino-alcohol motifs (C(OH)–C–C–N with tert-alkyl or cyclic N) is 1. The standard InChI is InChI=1S/C13H14N4O2/c1-13(18)7-16(8-13)10-3-11(19-2)12-9(4-14)5-15-17(12)6-10/h3,5-6,18H,7-8H2,1-2H3. The van der Waals surface area contributed by atoms with E-state index in [1.807, 2.05) is 17.2 Å². The smallest absolute Gasteiger partial charge is 0.148 e. The maximum atomic E-state index is 9.79. The number of nitrogens with zero attached hydrogens (tertiary/aromatic N) is 4. The quantitative estimate of drug-likeness (QED) is 0.862. The van der Waals surface area contributed by atoms with Crippen LogP contribution >= 0.6 is 0 Å². The SMILES string of the molecule is COc1cc(N2CC(C)(O)C2)cn2ncc(C#N)c12. The Morgan fingerprint density at radius 2 is 2.26 bits per heavy atom. The van der Waals surface area contributed by atoms with Crippen molar-refractivity contribution >= 4 is 11.2 Å². The summed E-state index contributed by atoms with van der Waals surface area (Å²) in [7, 11) is 1.57. The number of nitriles is 1. The van der Waals surface area contributed by atoms with Crippen LogP contribution < -0.4 is 9.64 Å². The van der Waals surface area contributed by atoms with Gasteiger partial charge in [0, 0.05) is 19.2 Å². The number of anilines is 1. The highest BCUT2D eigenvalue weighted by atomic mass is 16.5. The van der Waals surface area contributed by atoms with E-state index in [1.54, 1.807) is 18.5 Å². The highest BCUT2D eigenvalue weighted by molar-refractivity contribution is 5.72. The average Bonchev–Trinajstić information content (AvgIpc) is 2.77. The topological polar surface area (TPSA) is 73.8 Å². The van der Waals surface area contributed by atoms with Crippen molar-refractivity contribution in [3.63, 3.8) is 0 Å². The van der Waals surface area contributed by atoms with Crippen LogP contribution in [-0.4, -0.2) is 40.5 Å². The van der Waals surface area contributed by atoms with Crippen LogP contribution in [0.15, 0.2) is 18.5 Å². The molecule has 2 aromatic rings. The highest BCUT2D eigenvalue weighted by Gasteiger charge is 2.37. The molecule has 6 nitrogen and oxygen atoms in total. The van der Waals surface area contributed by atoms with Gasteiger partial charge in [-0.1, -0.05) is 0 Å². The molecule has 19 heavy (non-hydrogen) atoms. The minimum absolute atomic E-state index is 0.485. The number of pyridine rings is 1. The van der Waals surface area contributed by atoms with E-state index < -0.39 is 5.60 Å². The van der Waals surface area contributed by atoms with Crippen molar-refractivity contribution in [2.24, 2.45) is 0 Å². The van der Waals surface area contributed by atoms with Gasteiger partial charge in [0.15, 0.2) is 0 Å². The number of hydrogen-bond donors (Lipinski definition) is 1. The van der Waals surface area contributed by atoms with Crippen molar-refractivity contribution in [3.05, 3.63) is 24.0 Å². The molecule has 3 rings (SSSR count). The van der Waals surface area contributed by atoms with Gasteiger partial charge in [0.1, 0.15) is 22.9 Å². The van der Waals surface area contributed by atoms with Crippen LogP contribution in [0.2, 0.25) is 0 Å². The molecule has 0 aromatic carbocycles. The molecular formula is C13H14N4O2. The Morgan fingerprint density at radius 1 is 1.53 bits per heavy atom. The zero-order chi connectivity index (χ0) is 13.6. The number of methoxy groups -OCH3 is 1. The molecule has 1 fully saturated rings. The Hall–Kier alpha value is -2.26. The summed E-state index contributed by atoms with van der Waals surface area (Å²) in [6.45, 7) is 2.96. The van der Waals surface area contributed by atoms with E-state index in [-0.39, 0.29) is 0 Å². The number of ether oxygens (including phenoxy) is 1. The third-order valence-corrected chi connectivity index (χ3v) is 3.33. The normalized spacial score (nSPS) is 17.1. The lowest BCUT2D eigenvalue weighted by Gasteiger charge is -2.45. The lowest BCUT2D eigenvalue weighted by atomic mass is 9.96. The van der Waals surface area contributed by atoms with E-state index in [1.165, 1.54) is 6.20 Å². The summed E-state index contributed by atoms with van der Waals surface area (Å²) in [4.78, 5) is 2.04. The molecule has 2 aromatic heterocycles. The first kappa shape index (κ1) is 11.8. The van der Waals surface area contributed by atoms with Gasteiger partial charge < -0.3 is 14.7 Å². The molecule has 98 valence electrons. The fourth-order valence-electron chi connectivity index (χ4n) is 2.44. The van der Waals surface area contributed by atoms with E-state index in [2.05, 4.69) is 11.2 Å². The summed E-state index contributed by atoms with van der Waals surface area (Å²) in [5.41, 5.74) is 1.44. The van der Waals surface area contributed by atoms with E-state index in [0.29, 0.717) is 29.9 Å². The summed E-state index contributed by atoms with van der Waals surface area (Å²) in [6.07, 6.45) is 3.36. The van der Waals surface area contributed by atoms with Gasteiger partial charge in [0.25, 0.3) is 0 Å². The minimum Gasteiger partial charge on any atom is -0.494 e. The van der Waals surface area contributed by atoms with Crippen LogP contribution in [0.25, 0.3) is 5.52 Å². The Balaban J connectivity index is 2.07. The summed E-state index contributed by atoms with van der Waals surface area (Å²) in [6, 6.07) is 3.97. The molecule has 0 atom stereocenters. The van der Waals surface area contributed by atoms with Gasteiger partial charge in [-0.3, -0.25) is 0 Å². The lowest BCUT2D eigenvalue weighted by Crippen LogP contribution is -2.60. The number of hydrogen-bond acceptors (Lipinski definition) is 5. The number of aromatic nitrogens is 2. The average molecular weight is 258 g/mol. The number of fused-ring (bicyclic) bond motifs is 1. The molecule has 1 aliphatic heterocycles. The second kappa shape index (κ2) is 3.87. The Morgan fingerprint density at radius 3 is 2.84 bits per heavy atom. The first-order valence-corrected chi connectivity index (χ1v) is 5.97. The molecule has 0 aliphatic carbocycles.